The van der Waals surface area contributed by atoms with E-state index in [1.807, 2.05) is 18.2 Å². The van der Waals surface area contributed by atoms with E-state index >= 15 is 0 Å². The van der Waals surface area contributed by atoms with Crippen LogP contribution < -0.4 is 4.90 Å². The zero-order valence-electron chi connectivity index (χ0n) is 17.6. The molecule has 0 saturated carbocycles. The molecule has 2 aliphatic heterocycles. The Bertz CT molecular complexity index is 1050. The highest BCUT2D eigenvalue weighted by molar-refractivity contribution is 6.33. The summed E-state index contributed by atoms with van der Waals surface area (Å²) in [6.07, 6.45) is 1.96. The minimum absolute atomic E-state index is 0.345. The Balaban J connectivity index is 1.72. The summed E-state index contributed by atoms with van der Waals surface area (Å²) in [4.78, 5) is 14.9. The molecular weight excluding hydrogens is 398 g/mol. The van der Waals surface area contributed by atoms with Gasteiger partial charge >= 0.3 is 0 Å². The molecule has 5 rings (SSSR count). The maximum atomic E-state index is 6.62. The summed E-state index contributed by atoms with van der Waals surface area (Å²) in [5, 5.41) is 0.729. The molecule has 2 saturated heterocycles. The van der Waals surface area contributed by atoms with Crippen molar-refractivity contribution in [3.05, 3.63) is 41.0 Å². The normalized spacial score (nSPS) is 19.0. The molecule has 3 aromatic rings. The number of benzene rings is 1. The summed E-state index contributed by atoms with van der Waals surface area (Å²) in [5.41, 5.74) is 4.13. The lowest BCUT2D eigenvalue weighted by Crippen LogP contribution is -2.45. The average molecular weight is 426 g/mol. The molecule has 0 radical (unpaired) electrons. The van der Waals surface area contributed by atoms with E-state index in [4.69, 9.17) is 26.3 Å². The van der Waals surface area contributed by atoms with Gasteiger partial charge in [-0.3, -0.25) is 0 Å². The van der Waals surface area contributed by atoms with Crippen molar-refractivity contribution in [2.45, 2.75) is 25.8 Å². The van der Waals surface area contributed by atoms with Gasteiger partial charge in [0, 0.05) is 56.7 Å². The minimum atomic E-state index is 0.345. The van der Waals surface area contributed by atoms with E-state index in [1.165, 1.54) is 0 Å². The van der Waals surface area contributed by atoms with Crippen molar-refractivity contribution in [3.8, 4) is 11.4 Å². The van der Waals surface area contributed by atoms with Gasteiger partial charge in [0.2, 0.25) is 0 Å². The SMILES string of the molecule is Cc1cc2c(nc(-c3ccccc3Cl)n2C2CCOCC2)c(N2CCN(C)CC2)n1. The van der Waals surface area contributed by atoms with E-state index in [1.54, 1.807) is 0 Å². The lowest BCUT2D eigenvalue weighted by Gasteiger charge is -2.33. The second-order valence-corrected chi connectivity index (χ2v) is 8.78. The van der Waals surface area contributed by atoms with Crippen molar-refractivity contribution in [1.82, 2.24) is 19.4 Å². The number of hydrogen-bond donors (Lipinski definition) is 0. The van der Waals surface area contributed by atoms with E-state index in [9.17, 15) is 0 Å². The molecule has 4 heterocycles. The molecule has 2 aromatic heterocycles. The predicted molar refractivity (Wildman–Crippen MR) is 122 cm³/mol. The molecule has 0 amide bonds. The van der Waals surface area contributed by atoms with E-state index in [-0.39, 0.29) is 0 Å². The fraction of sp³-hybridized carbons (Fsp3) is 0.478. The number of pyridine rings is 1. The third kappa shape index (κ3) is 3.57. The lowest BCUT2D eigenvalue weighted by atomic mass is 10.1. The van der Waals surface area contributed by atoms with Crippen LogP contribution >= 0.6 is 11.6 Å². The first-order valence-electron chi connectivity index (χ1n) is 10.8. The standard InChI is InChI=1S/C23H28ClN5O/c1-16-15-20-21(23(25-16)28-11-9-27(2)10-12-28)26-22(18-5-3-4-6-19(18)24)29(20)17-7-13-30-14-8-17/h3-6,15,17H,7-14H2,1-2H3. The smallest absolute Gasteiger partial charge is 0.157 e. The molecule has 0 atom stereocenters. The number of anilines is 1. The van der Waals surface area contributed by atoms with Crippen molar-refractivity contribution in [2.24, 2.45) is 0 Å². The maximum Gasteiger partial charge on any atom is 0.157 e. The van der Waals surface area contributed by atoms with Gasteiger partial charge in [0.1, 0.15) is 11.3 Å². The number of rotatable bonds is 3. The van der Waals surface area contributed by atoms with Gasteiger partial charge in [-0.2, -0.15) is 0 Å². The third-order valence-electron chi connectivity index (χ3n) is 6.26. The molecule has 1 aromatic carbocycles. The Hall–Kier alpha value is -2.15. The van der Waals surface area contributed by atoms with Gasteiger partial charge in [0.05, 0.1) is 10.5 Å². The van der Waals surface area contributed by atoms with Crippen LogP contribution in [0.1, 0.15) is 24.6 Å². The molecule has 0 unspecified atom stereocenters. The van der Waals surface area contributed by atoms with Crippen LogP contribution in [-0.4, -0.2) is 65.9 Å². The van der Waals surface area contributed by atoms with Crippen LogP contribution in [0.4, 0.5) is 5.82 Å². The Labute approximate surface area is 182 Å². The molecule has 6 nitrogen and oxygen atoms in total. The first-order chi connectivity index (χ1) is 14.6. The van der Waals surface area contributed by atoms with Crippen LogP contribution in [0, 0.1) is 6.92 Å². The molecule has 0 bridgehead atoms. The van der Waals surface area contributed by atoms with Crippen LogP contribution in [0.3, 0.4) is 0 Å². The van der Waals surface area contributed by atoms with E-state index in [0.29, 0.717) is 6.04 Å². The van der Waals surface area contributed by atoms with E-state index in [2.05, 4.69) is 40.5 Å². The van der Waals surface area contributed by atoms with Crippen molar-refractivity contribution in [1.29, 1.82) is 0 Å². The topological polar surface area (TPSA) is 46.4 Å². The Morgan fingerprint density at radius 3 is 2.50 bits per heavy atom. The Morgan fingerprint density at radius 2 is 1.77 bits per heavy atom. The van der Waals surface area contributed by atoms with Crippen LogP contribution in [0.2, 0.25) is 5.02 Å². The summed E-state index contributed by atoms with van der Waals surface area (Å²) in [5.74, 6) is 1.93. The largest absolute Gasteiger partial charge is 0.381 e. The summed E-state index contributed by atoms with van der Waals surface area (Å²) in [6.45, 7) is 7.64. The molecule has 158 valence electrons. The molecular formula is C23H28ClN5O. The van der Waals surface area contributed by atoms with E-state index in [0.717, 1.165) is 91.2 Å². The second-order valence-electron chi connectivity index (χ2n) is 8.37. The Kier molecular flexibility index (Phi) is 5.39. The number of nitrogens with zero attached hydrogens (tertiary/aromatic N) is 5. The summed E-state index contributed by atoms with van der Waals surface area (Å²) < 4.78 is 8.04. The zero-order valence-corrected chi connectivity index (χ0v) is 18.4. The molecule has 0 aliphatic carbocycles. The highest BCUT2D eigenvalue weighted by Crippen LogP contribution is 2.38. The number of imidazole rings is 1. The monoisotopic (exact) mass is 425 g/mol. The second kappa shape index (κ2) is 8.17. The van der Waals surface area contributed by atoms with Gasteiger partial charge in [0.25, 0.3) is 0 Å². The predicted octanol–water partition coefficient (Wildman–Crippen LogP) is 4.16. The van der Waals surface area contributed by atoms with Crippen LogP contribution in [0.25, 0.3) is 22.4 Å². The van der Waals surface area contributed by atoms with Gasteiger partial charge < -0.3 is 19.1 Å². The summed E-state index contributed by atoms with van der Waals surface area (Å²) in [7, 11) is 2.17. The van der Waals surface area contributed by atoms with Crippen molar-refractivity contribution >= 4 is 28.5 Å². The number of piperazine rings is 1. The van der Waals surface area contributed by atoms with Gasteiger partial charge in [-0.15, -0.1) is 0 Å². The van der Waals surface area contributed by atoms with Crippen molar-refractivity contribution in [3.63, 3.8) is 0 Å². The maximum absolute atomic E-state index is 6.62. The lowest BCUT2D eigenvalue weighted by molar-refractivity contribution is 0.0710. The molecule has 0 spiro atoms. The van der Waals surface area contributed by atoms with Crippen molar-refractivity contribution in [2.75, 3.05) is 51.3 Å². The zero-order chi connectivity index (χ0) is 20.7. The van der Waals surface area contributed by atoms with Gasteiger partial charge in [0.15, 0.2) is 5.82 Å². The number of aromatic nitrogens is 3. The number of ether oxygens (including phenoxy) is 1. The number of aryl methyl sites for hydroxylation is 1. The first-order valence-corrected chi connectivity index (χ1v) is 11.2. The van der Waals surface area contributed by atoms with Crippen LogP contribution in [0.5, 0.6) is 0 Å². The van der Waals surface area contributed by atoms with Crippen LogP contribution in [0.15, 0.2) is 30.3 Å². The van der Waals surface area contributed by atoms with Gasteiger partial charge in [-0.25, -0.2) is 9.97 Å². The van der Waals surface area contributed by atoms with Gasteiger partial charge in [-0.1, -0.05) is 23.7 Å². The average Bonchev–Trinajstić information content (AvgIpc) is 3.13. The summed E-state index contributed by atoms with van der Waals surface area (Å²) in [6, 6.07) is 10.5. The number of hydrogen-bond acceptors (Lipinski definition) is 5. The summed E-state index contributed by atoms with van der Waals surface area (Å²) >= 11 is 6.62. The molecule has 2 fully saturated rings. The molecule has 30 heavy (non-hydrogen) atoms. The highest BCUT2D eigenvalue weighted by atomic mass is 35.5. The number of likely N-dealkylation sites (N-methyl/N-ethyl adjacent to an activating group) is 1. The number of fused-ring (bicyclic) bond motifs is 1. The molecule has 2 aliphatic rings. The Morgan fingerprint density at radius 1 is 1.03 bits per heavy atom. The number of halogens is 1. The minimum Gasteiger partial charge on any atom is -0.381 e. The van der Waals surface area contributed by atoms with E-state index < -0.39 is 0 Å². The molecule has 0 N–H and O–H groups in total. The third-order valence-corrected chi connectivity index (χ3v) is 6.59. The first kappa shape index (κ1) is 19.8. The van der Waals surface area contributed by atoms with Crippen LogP contribution in [-0.2, 0) is 4.74 Å². The highest BCUT2D eigenvalue weighted by Gasteiger charge is 2.27. The molecule has 7 heteroatoms. The fourth-order valence-electron chi connectivity index (χ4n) is 4.58. The van der Waals surface area contributed by atoms with Gasteiger partial charge in [-0.05, 0) is 45.0 Å². The fourth-order valence-corrected chi connectivity index (χ4v) is 4.80. The van der Waals surface area contributed by atoms with Crippen molar-refractivity contribution < 1.29 is 4.74 Å². The quantitative estimate of drug-likeness (QED) is 0.630.